The van der Waals surface area contributed by atoms with Gasteiger partial charge < -0.3 is 4.74 Å². The van der Waals surface area contributed by atoms with Crippen molar-refractivity contribution in [2.24, 2.45) is 0 Å². The van der Waals surface area contributed by atoms with E-state index in [0.29, 0.717) is 11.6 Å². The van der Waals surface area contributed by atoms with Crippen LogP contribution in [0.4, 0.5) is 4.39 Å². The third-order valence-electron chi connectivity index (χ3n) is 4.28. The van der Waals surface area contributed by atoms with Crippen LogP contribution in [-0.2, 0) is 4.79 Å². The van der Waals surface area contributed by atoms with Gasteiger partial charge in [-0.05, 0) is 59.7 Å². The first-order valence-electron chi connectivity index (χ1n) is 9.31. The summed E-state index contributed by atoms with van der Waals surface area (Å²) in [7, 11) is 0. The molecule has 0 bridgehead atoms. The fourth-order valence-corrected chi connectivity index (χ4v) is 2.74. The van der Waals surface area contributed by atoms with Crippen LogP contribution in [0.3, 0.4) is 0 Å². The van der Waals surface area contributed by atoms with E-state index in [1.54, 1.807) is 42.6 Å². The molecule has 4 aromatic rings. The van der Waals surface area contributed by atoms with Crippen molar-refractivity contribution in [3.8, 4) is 11.6 Å². The number of nitrogens with zero attached hydrogens (tertiary/aromatic N) is 2. The van der Waals surface area contributed by atoms with Gasteiger partial charge in [0.05, 0.1) is 17.2 Å². The molecule has 0 unspecified atom stereocenters. The second-order valence-electron chi connectivity index (χ2n) is 6.49. The molecule has 0 N–H and O–H groups in total. The Morgan fingerprint density at radius 3 is 2.07 bits per heavy atom. The highest BCUT2D eigenvalue weighted by Gasteiger charge is 2.02. The topological polar surface area (TPSA) is 52.1 Å². The van der Waals surface area contributed by atoms with Crippen LogP contribution >= 0.6 is 0 Å². The molecule has 0 aliphatic rings. The number of hydrogen-bond donors (Lipinski definition) is 0. The van der Waals surface area contributed by atoms with Gasteiger partial charge in [-0.2, -0.15) is 0 Å². The van der Waals surface area contributed by atoms with E-state index < -0.39 is 0 Å². The predicted octanol–water partition coefficient (Wildman–Crippen LogP) is 5.86. The summed E-state index contributed by atoms with van der Waals surface area (Å²) >= 11 is 0. The molecular formula is C25H17FN2O2. The molecule has 1 aromatic heterocycles. The zero-order valence-electron chi connectivity index (χ0n) is 15.9. The first kappa shape index (κ1) is 19.2. The number of fused-ring (bicyclic) bond motifs is 1. The van der Waals surface area contributed by atoms with Gasteiger partial charge in [-0.1, -0.05) is 48.6 Å². The first-order chi connectivity index (χ1) is 14.7. The van der Waals surface area contributed by atoms with Gasteiger partial charge in [0.25, 0.3) is 0 Å². The molecule has 0 aliphatic heterocycles. The van der Waals surface area contributed by atoms with Gasteiger partial charge >= 0.3 is 0 Å². The summed E-state index contributed by atoms with van der Waals surface area (Å²) in [6.45, 7) is 0. The maximum absolute atomic E-state index is 12.9. The van der Waals surface area contributed by atoms with Crippen molar-refractivity contribution in [1.82, 2.24) is 9.97 Å². The SMILES string of the molecule is O=C(C=Cc1ccc(F)cc1)C=Cc1ccc(Oc2cnc3ccccc3n2)cc1. The summed E-state index contributed by atoms with van der Waals surface area (Å²) < 4.78 is 18.6. The molecule has 5 heteroatoms. The summed E-state index contributed by atoms with van der Waals surface area (Å²) in [5, 5.41) is 0. The van der Waals surface area contributed by atoms with Crippen LogP contribution in [0, 0.1) is 5.82 Å². The van der Waals surface area contributed by atoms with Crippen molar-refractivity contribution < 1.29 is 13.9 Å². The second-order valence-corrected chi connectivity index (χ2v) is 6.49. The minimum atomic E-state index is -0.307. The Balaban J connectivity index is 1.37. The van der Waals surface area contributed by atoms with Crippen LogP contribution in [0.5, 0.6) is 11.6 Å². The zero-order chi connectivity index (χ0) is 20.8. The third kappa shape index (κ3) is 5.02. The number of ether oxygens (including phenoxy) is 1. The average Bonchev–Trinajstić information content (AvgIpc) is 2.78. The van der Waals surface area contributed by atoms with E-state index in [2.05, 4.69) is 9.97 Å². The number of carbonyl (C=O) groups is 1. The van der Waals surface area contributed by atoms with Crippen molar-refractivity contribution in [1.29, 1.82) is 0 Å². The molecule has 0 fully saturated rings. The molecule has 0 amide bonds. The van der Waals surface area contributed by atoms with E-state index in [1.807, 2.05) is 36.4 Å². The Morgan fingerprint density at radius 2 is 1.40 bits per heavy atom. The Morgan fingerprint density at radius 1 is 0.800 bits per heavy atom. The molecule has 146 valence electrons. The van der Waals surface area contributed by atoms with E-state index in [-0.39, 0.29) is 11.6 Å². The number of benzene rings is 3. The summed E-state index contributed by atoms with van der Waals surface area (Å²) in [4.78, 5) is 20.7. The fourth-order valence-electron chi connectivity index (χ4n) is 2.74. The van der Waals surface area contributed by atoms with Gasteiger partial charge in [0.1, 0.15) is 11.6 Å². The van der Waals surface area contributed by atoms with Gasteiger partial charge in [-0.25, -0.2) is 14.4 Å². The Hall–Kier alpha value is -4.12. The van der Waals surface area contributed by atoms with E-state index in [4.69, 9.17) is 4.74 Å². The average molecular weight is 396 g/mol. The van der Waals surface area contributed by atoms with Crippen LogP contribution < -0.4 is 4.74 Å². The minimum absolute atomic E-state index is 0.161. The maximum Gasteiger partial charge on any atom is 0.238 e. The normalized spacial score (nSPS) is 11.4. The minimum Gasteiger partial charge on any atom is -0.437 e. The van der Waals surface area contributed by atoms with Crippen molar-refractivity contribution in [3.63, 3.8) is 0 Å². The van der Waals surface area contributed by atoms with Crippen LogP contribution in [-0.4, -0.2) is 15.8 Å². The standard InChI is InChI=1S/C25H17FN2O2/c26-20-11-5-18(6-12-20)7-13-21(29)14-8-19-9-15-22(16-10-19)30-25-17-27-23-3-1-2-4-24(23)28-25/h1-17H. The number of rotatable bonds is 6. The van der Waals surface area contributed by atoms with Crippen molar-refractivity contribution in [3.05, 3.63) is 108 Å². The van der Waals surface area contributed by atoms with Gasteiger partial charge in [0, 0.05) is 0 Å². The summed E-state index contributed by atoms with van der Waals surface area (Å²) in [6, 6.07) is 20.8. The number of para-hydroxylation sites is 2. The number of halogens is 1. The number of ketones is 1. The number of carbonyl (C=O) groups excluding carboxylic acids is 1. The van der Waals surface area contributed by atoms with Crippen molar-refractivity contribution in [2.45, 2.75) is 0 Å². The Bertz CT molecular complexity index is 1230. The van der Waals surface area contributed by atoms with E-state index in [0.717, 1.165) is 22.2 Å². The van der Waals surface area contributed by atoms with Gasteiger partial charge in [0.2, 0.25) is 5.88 Å². The molecule has 30 heavy (non-hydrogen) atoms. The van der Waals surface area contributed by atoms with E-state index >= 15 is 0 Å². The largest absolute Gasteiger partial charge is 0.437 e. The molecule has 0 spiro atoms. The highest BCUT2D eigenvalue weighted by atomic mass is 19.1. The molecular weight excluding hydrogens is 379 g/mol. The molecule has 3 aromatic carbocycles. The summed E-state index contributed by atoms with van der Waals surface area (Å²) in [5.74, 6) is 0.571. The lowest BCUT2D eigenvalue weighted by atomic mass is 10.1. The van der Waals surface area contributed by atoms with Crippen molar-refractivity contribution >= 4 is 29.0 Å². The van der Waals surface area contributed by atoms with Gasteiger partial charge in [-0.15, -0.1) is 0 Å². The maximum atomic E-state index is 12.9. The molecule has 4 rings (SSSR count). The van der Waals surface area contributed by atoms with Crippen LogP contribution in [0.1, 0.15) is 11.1 Å². The predicted molar refractivity (Wildman–Crippen MR) is 116 cm³/mol. The number of hydrogen-bond acceptors (Lipinski definition) is 4. The number of aromatic nitrogens is 2. The zero-order valence-corrected chi connectivity index (χ0v) is 15.9. The molecule has 0 aliphatic carbocycles. The third-order valence-corrected chi connectivity index (χ3v) is 4.28. The monoisotopic (exact) mass is 396 g/mol. The van der Waals surface area contributed by atoms with Gasteiger partial charge in [0.15, 0.2) is 5.78 Å². The lowest BCUT2D eigenvalue weighted by molar-refractivity contribution is -0.110. The Kier molecular flexibility index (Phi) is 5.71. The lowest BCUT2D eigenvalue weighted by Gasteiger charge is -2.05. The fraction of sp³-hybridized carbons (Fsp3) is 0. The molecule has 0 saturated heterocycles. The second kappa shape index (κ2) is 8.92. The van der Waals surface area contributed by atoms with E-state index in [9.17, 15) is 9.18 Å². The van der Waals surface area contributed by atoms with Crippen molar-refractivity contribution in [2.75, 3.05) is 0 Å². The quantitative estimate of drug-likeness (QED) is 0.383. The van der Waals surface area contributed by atoms with Crippen LogP contribution in [0.15, 0.2) is 91.1 Å². The highest BCUT2D eigenvalue weighted by molar-refractivity contribution is 6.04. The highest BCUT2D eigenvalue weighted by Crippen LogP contribution is 2.21. The number of allylic oxidation sites excluding steroid dienone is 2. The summed E-state index contributed by atoms with van der Waals surface area (Å²) in [5.41, 5.74) is 3.19. The first-order valence-corrected chi connectivity index (χ1v) is 9.31. The molecule has 4 nitrogen and oxygen atoms in total. The van der Waals surface area contributed by atoms with Crippen LogP contribution in [0.2, 0.25) is 0 Å². The Labute approximate surface area is 173 Å². The van der Waals surface area contributed by atoms with E-state index in [1.165, 1.54) is 24.3 Å². The molecule has 0 radical (unpaired) electrons. The molecule has 0 atom stereocenters. The smallest absolute Gasteiger partial charge is 0.238 e. The van der Waals surface area contributed by atoms with Crippen LogP contribution in [0.25, 0.3) is 23.2 Å². The summed E-state index contributed by atoms with van der Waals surface area (Å²) in [6.07, 6.45) is 7.87. The van der Waals surface area contributed by atoms with Gasteiger partial charge in [-0.3, -0.25) is 4.79 Å². The molecule has 1 heterocycles. The molecule has 0 saturated carbocycles. The lowest BCUT2D eigenvalue weighted by Crippen LogP contribution is -1.90.